The van der Waals surface area contributed by atoms with E-state index in [0.717, 1.165) is 27.6 Å². The van der Waals surface area contributed by atoms with E-state index in [1.807, 2.05) is 14.1 Å². The molecule has 7 atom stereocenters. The average Bonchev–Trinajstić information content (AvgIpc) is 3.59. The molecule has 36 heavy (non-hydrogen) atoms. The Morgan fingerprint density at radius 3 is 2.28 bits per heavy atom. The van der Waals surface area contributed by atoms with Gasteiger partial charge in [0.2, 0.25) is 11.8 Å². The van der Waals surface area contributed by atoms with Gasteiger partial charge in [0.25, 0.3) is 0 Å². The number of imide groups is 1. The fourth-order valence-electron chi connectivity index (χ4n) is 7.21. The van der Waals surface area contributed by atoms with Gasteiger partial charge in [-0.2, -0.15) is 0 Å². The summed E-state index contributed by atoms with van der Waals surface area (Å²) >= 11 is 2.95. The number of halogens is 1. The van der Waals surface area contributed by atoms with Crippen molar-refractivity contribution in [3.8, 4) is 0 Å². The molecule has 1 saturated heterocycles. The van der Waals surface area contributed by atoms with Crippen LogP contribution in [0.25, 0.3) is 0 Å². The van der Waals surface area contributed by atoms with Crippen molar-refractivity contribution >= 4 is 46.3 Å². The molecule has 9 heteroatoms. The van der Waals surface area contributed by atoms with Crippen molar-refractivity contribution < 1.29 is 14.0 Å². The van der Waals surface area contributed by atoms with Gasteiger partial charge in [-0.25, -0.2) is 4.39 Å². The monoisotopic (exact) mass is 521 g/mol. The topological polar surface area (TPSA) is 73.5 Å². The van der Waals surface area contributed by atoms with Gasteiger partial charge >= 0.3 is 4.87 Å². The van der Waals surface area contributed by atoms with Crippen molar-refractivity contribution in [3.05, 3.63) is 74.5 Å². The van der Waals surface area contributed by atoms with Crippen LogP contribution in [0.5, 0.6) is 0 Å². The minimum Gasteiger partial charge on any atom is -0.378 e. The maximum absolute atomic E-state index is 13.7. The number of nitrogens with zero attached hydrogens (tertiary/aromatic N) is 2. The highest BCUT2D eigenvalue weighted by atomic mass is 32.2. The van der Waals surface area contributed by atoms with Gasteiger partial charge in [0.1, 0.15) is 5.82 Å². The molecule has 2 aliphatic heterocycles. The molecule has 6 nitrogen and oxygen atoms in total. The quantitative estimate of drug-likeness (QED) is 0.520. The summed E-state index contributed by atoms with van der Waals surface area (Å²) in [6.07, 6.45) is 0.845. The molecule has 7 rings (SSSR count). The molecule has 2 amide bonds. The molecule has 1 N–H and O–H groups in total. The van der Waals surface area contributed by atoms with Crippen LogP contribution in [0.15, 0.2) is 58.4 Å². The SMILES string of the molecule is CN(C)c1ccc([C@@H]2c3sc(=O)[nH]c3S[C@@H]3[C@@H]4C[C@@H]([C@@H]5C(=O)N(c6ccc(F)cc6)C(=O)[C@@H]45)[C@@H]23)cc1. The maximum Gasteiger partial charge on any atom is 0.305 e. The van der Waals surface area contributed by atoms with E-state index in [-0.39, 0.29) is 57.4 Å². The molecule has 0 radical (unpaired) electrons. The summed E-state index contributed by atoms with van der Waals surface area (Å²) in [5.41, 5.74) is 2.68. The van der Waals surface area contributed by atoms with Gasteiger partial charge in [-0.15, -0.1) is 11.8 Å². The highest BCUT2D eigenvalue weighted by molar-refractivity contribution is 8.00. The zero-order valence-electron chi connectivity index (χ0n) is 19.7. The van der Waals surface area contributed by atoms with E-state index >= 15 is 0 Å². The van der Waals surface area contributed by atoms with Gasteiger partial charge in [-0.1, -0.05) is 23.5 Å². The first kappa shape index (κ1) is 22.3. The molecule has 1 aromatic heterocycles. The van der Waals surface area contributed by atoms with Gasteiger partial charge in [0, 0.05) is 35.8 Å². The van der Waals surface area contributed by atoms with Crippen LogP contribution in [0.4, 0.5) is 15.8 Å². The van der Waals surface area contributed by atoms with E-state index in [1.54, 1.807) is 11.8 Å². The summed E-state index contributed by atoms with van der Waals surface area (Å²) in [5.74, 6) is -1.16. The Labute approximate surface area is 215 Å². The summed E-state index contributed by atoms with van der Waals surface area (Å²) in [6, 6.07) is 14.1. The van der Waals surface area contributed by atoms with Crippen molar-refractivity contribution in [2.24, 2.45) is 29.6 Å². The molecule has 0 unspecified atom stereocenters. The average molecular weight is 522 g/mol. The summed E-state index contributed by atoms with van der Waals surface area (Å²) in [7, 11) is 4.01. The summed E-state index contributed by atoms with van der Waals surface area (Å²) < 4.78 is 13.5. The predicted octanol–water partition coefficient (Wildman–Crippen LogP) is 4.32. The number of carbonyl (C=O) groups is 2. The lowest BCUT2D eigenvalue weighted by Crippen LogP contribution is -2.42. The predicted molar refractivity (Wildman–Crippen MR) is 138 cm³/mol. The van der Waals surface area contributed by atoms with E-state index in [4.69, 9.17) is 0 Å². The number of benzene rings is 2. The molecule has 2 bridgehead atoms. The highest BCUT2D eigenvalue weighted by Gasteiger charge is 2.69. The third kappa shape index (κ3) is 2.99. The van der Waals surface area contributed by atoms with Gasteiger partial charge < -0.3 is 9.88 Å². The van der Waals surface area contributed by atoms with Crippen LogP contribution in [0.2, 0.25) is 0 Å². The standard InChI is InChI=1S/C27H24FN3O3S2/c1-30(2)14-7-3-12(4-8-14)18-19-16-11-17(22(19)35-24-23(18)36-27(34)29-24)21-20(16)25(32)31(26(21)33)15-9-5-13(28)6-10-15/h3-10,16-22H,11H2,1-2H3,(H,29,34)/t16-,17-,18+,19+,20+,21+,22-/m1/s1. The molecule has 3 fully saturated rings. The number of anilines is 2. The molecule has 3 heterocycles. The second-order valence-corrected chi connectivity index (χ2v) is 12.6. The molecular weight excluding hydrogens is 497 g/mol. The lowest BCUT2D eigenvalue weighted by molar-refractivity contribution is -0.123. The van der Waals surface area contributed by atoms with Crippen molar-refractivity contribution in [2.75, 3.05) is 23.9 Å². The number of nitrogens with one attached hydrogen (secondary N) is 1. The van der Waals surface area contributed by atoms with Crippen LogP contribution in [-0.4, -0.2) is 36.1 Å². The second kappa shape index (κ2) is 7.79. The summed E-state index contributed by atoms with van der Waals surface area (Å²) in [6.45, 7) is 0. The largest absolute Gasteiger partial charge is 0.378 e. The van der Waals surface area contributed by atoms with Gasteiger partial charge in [-0.05, 0) is 66.1 Å². The lowest BCUT2D eigenvalue weighted by atomic mass is 9.68. The summed E-state index contributed by atoms with van der Waals surface area (Å²) in [4.78, 5) is 47.1. The van der Waals surface area contributed by atoms with E-state index < -0.39 is 5.82 Å². The minimum atomic E-state index is -0.399. The maximum atomic E-state index is 13.7. The van der Waals surface area contributed by atoms with Crippen LogP contribution < -0.4 is 14.7 Å². The molecule has 0 spiro atoms. The Balaban J connectivity index is 1.31. The van der Waals surface area contributed by atoms with Crippen molar-refractivity contribution in [2.45, 2.75) is 22.6 Å². The Kier molecular flexibility index (Phi) is 4.83. The Bertz CT molecular complexity index is 1450. The zero-order chi connectivity index (χ0) is 24.9. The first-order valence-electron chi connectivity index (χ1n) is 12.1. The van der Waals surface area contributed by atoms with Crippen LogP contribution in [0.1, 0.15) is 22.8 Å². The first-order valence-corrected chi connectivity index (χ1v) is 13.8. The molecule has 2 aliphatic carbocycles. The van der Waals surface area contributed by atoms with Crippen LogP contribution >= 0.6 is 23.1 Å². The minimum absolute atomic E-state index is 0.00476. The molecule has 184 valence electrons. The number of amides is 2. The zero-order valence-corrected chi connectivity index (χ0v) is 21.3. The van der Waals surface area contributed by atoms with E-state index in [9.17, 15) is 18.8 Å². The number of H-pyrrole nitrogens is 1. The van der Waals surface area contributed by atoms with Crippen molar-refractivity contribution in [3.63, 3.8) is 0 Å². The fraction of sp³-hybridized carbons (Fsp3) is 0.370. The molecule has 3 aromatic rings. The molecular formula is C27H24FN3O3S2. The number of hydrogen-bond acceptors (Lipinski definition) is 6. The highest BCUT2D eigenvalue weighted by Crippen LogP contribution is 2.68. The second-order valence-electron chi connectivity index (χ2n) is 10.4. The van der Waals surface area contributed by atoms with Crippen molar-refractivity contribution in [1.29, 1.82) is 0 Å². The van der Waals surface area contributed by atoms with Gasteiger partial charge in [-0.3, -0.25) is 19.3 Å². The Morgan fingerprint density at radius 2 is 1.61 bits per heavy atom. The lowest BCUT2D eigenvalue weighted by Gasteiger charge is -2.43. The van der Waals surface area contributed by atoms with E-state index in [0.29, 0.717) is 5.69 Å². The van der Waals surface area contributed by atoms with Crippen LogP contribution in [0, 0.1) is 35.4 Å². The number of hydrogen-bond donors (Lipinski definition) is 1. The fourth-order valence-corrected chi connectivity index (χ4v) is 10.1. The van der Waals surface area contributed by atoms with Gasteiger partial charge in [0.15, 0.2) is 0 Å². The number of aromatic nitrogens is 1. The number of thioether (sulfide) groups is 1. The number of rotatable bonds is 3. The number of carbonyl (C=O) groups excluding carboxylic acids is 2. The van der Waals surface area contributed by atoms with Crippen LogP contribution in [0.3, 0.4) is 0 Å². The normalized spacial score (nSPS) is 32.0. The van der Waals surface area contributed by atoms with Crippen molar-refractivity contribution in [1.82, 2.24) is 4.98 Å². The molecule has 4 aliphatic rings. The smallest absolute Gasteiger partial charge is 0.305 e. The summed E-state index contributed by atoms with van der Waals surface area (Å²) in [5, 5.41) is 1.06. The number of fused-ring (bicyclic) bond motifs is 9. The Morgan fingerprint density at radius 1 is 0.944 bits per heavy atom. The molecule has 2 aromatic carbocycles. The van der Waals surface area contributed by atoms with E-state index in [1.165, 1.54) is 40.5 Å². The number of aromatic amines is 1. The van der Waals surface area contributed by atoms with E-state index in [2.05, 4.69) is 34.1 Å². The van der Waals surface area contributed by atoms with Gasteiger partial charge in [0.05, 0.1) is 22.5 Å². The Hall–Kier alpha value is -2.91. The molecule has 2 saturated carbocycles. The first-order chi connectivity index (χ1) is 17.3. The third-order valence-electron chi connectivity index (χ3n) is 8.58. The van der Waals surface area contributed by atoms with Crippen LogP contribution in [-0.2, 0) is 9.59 Å². The number of thiazole rings is 1. The third-order valence-corrected chi connectivity index (χ3v) is 11.2.